The van der Waals surface area contributed by atoms with Gasteiger partial charge in [-0.1, -0.05) is 60.7 Å². The van der Waals surface area contributed by atoms with Gasteiger partial charge in [0.25, 0.3) is 0 Å². The molecule has 186 valence electrons. The van der Waals surface area contributed by atoms with Crippen LogP contribution >= 0.6 is 0 Å². The van der Waals surface area contributed by atoms with Gasteiger partial charge in [-0.15, -0.1) is 0 Å². The maximum absolute atomic E-state index is 13.0. The summed E-state index contributed by atoms with van der Waals surface area (Å²) in [4.78, 5) is 25.9. The lowest BCUT2D eigenvalue weighted by Gasteiger charge is -2.11. The number of hydrogen-bond acceptors (Lipinski definition) is 5. The standard InChI is InChI=1S/C28H22F3N5O/c1-18(37)21-8-5-9-22(14-21)25-34-26(32-15-19-6-3-2-4-7-19)24-27(35-25)36(17-33-24)16-20-10-12-23(13-11-20)28(29,30)31/h2-14,17H,15-16H2,1H3,(H,32,34,35). The minimum Gasteiger partial charge on any atom is -0.364 e. The molecule has 0 unspecified atom stereocenters. The number of rotatable bonds is 7. The first kappa shape index (κ1) is 24.2. The fraction of sp³-hybridized carbons (Fsp3) is 0.143. The van der Waals surface area contributed by atoms with E-state index in [0.717, 1.165) is 17.7 Å². The molecule has 0 aliphatic heterocycles. The van der Waals surface area contributed by atoms with Crippen LogP contribution in [0.2, 0.25) is 0 Å². The Balaban J connectivity index is 1.55. The summed E-state index contributed by atoms with van der Waals surface area (Å²) in [5, 5.41) is 3.33. The zero-order valence-electron chi connectivity index (χ0n) is 19.8. The molecule has 0 amide bonds. The maximum atomic E-state index is 13.0. The third-order valence-electron chi connectivity index (χ3n) is 5.93. The largest absolute Gasteiger partial charge is 0.416 e. The van der Waals surface area contributed by atoms with Crippen molar-refractivity contribution < 1.29 is 18.0 Å². The molecule has 0 atom stereocenters. The van der Waals surface area contributed by atoms with Crippen molar-refractivity contribution in [1.29, 1.82) is 0 Å². The zero-order chi connectivity index (χ0) is 26.0. The second-order valence-corrected chi connectivity index (χ2v) is 8.61. The van der Waals surface area contributed by atoms with Crippen LogP contribution in [0.4, 0.5) is 19.0 Å². The van der Waals surface area contributed by atoms with Gasteiger partial charge in [0.15, 0.2) is 23.1 Å². The van der Waals surface area contributed by atoms with E-state index in [1.807, 2.05) is 36.4 Å². The van der Waals surface area contributed by atoms with Gasteiger partial charge >= 0.3 is 6.18 Å². The van der Waals surface area contributed by atoms with Crippen molar-refractivity contribution in [2.45, 2.75) is 26.2 Å². The van der Waals surface area contributed by atoms with E-state index in [4.69, 9.17) is 9.97 Å². The van der Waals surface area contributed by atoms with Gasteiger partial charge in [-0.25, -0.2) is 15.0 Å². The number of ketones is 1. The van der Waals surface area contributed by atoms with Crippen molar-refractivity contribution in [3.8, 4) is 11.4 Å². The van der Waals surface area contributed by atoms with Crippen molar-refractivity contribution in [3.05, 3.63) is 107 Å². The number of fused-ring (bicyclic) bond motifs is 1. The fourth-order valence-electron chi connectivity index (χ4n) is 3.97. The van der Waals surface area contributed by atoms with E-state index in [-0.39, 0.29) is 12.3 Å². The minimum absolute atomic E-state index is 0.0716. The molecule has 0 fully saturated rings. The number of nitrogens with zero attached hydrogens (tertiary/aromatic N) is 4. The molecule has 0 bridgehead atoms. The predicted molar refractivity (Wildman–Crippen MR) is 135 cm³/mol. The van der Waals surface area contributed by atoms with Gasteiger partial charge in [-0.05, 0) is 36.2 Å². The Hall–Kier alpha value is -4.53. The number of hydrogen-bond donors (Lipinski definition) is 1. The van der Waals surface area contributed by atoms with Crippen molar-refractivity contribution in [3.63, 3.8) is 0 Å². The van der Waals surface area contributed by atoms with Crippen LogP contribution in [0.15, 0.2) is 85.2 Å². The molecule has 0 aliphatic rings. The summed E-state index contributed by atoms with van der Waals surface area (Å²) in [5.74, 6) is 0.848. The predicted octanol–water partition coefficient (Wildman–Crippen LogP) is 6.38. The molecular formula is C28H22F3N5O. The number of alkyl halides is 3. The summed E-state index contributed by atoms with van der Waals surface area (Å²) >= 11 is 0. The lowest BCUT2D eigenvalue weighted by atomic mass is 10.1. The molecule has 0 radical (unpaired) electrons. The van der Waals surface area contributed by atoms with E-state index in [1.54, 1.807) is 29.1 Å². The van der Waals surface area contributed by atoms with Crippen LogP contribution in [0.5, 0.6) is 0 Å². The summed E-state index contributed by atoms with van der Waals surface area (Å²) in [6.45, 7) is 2.28. The van der Waals surface area contributed by atoms with Gasteiger partial charge in [0.1, 0.15) is 5.52 Å². The number of halogens is 3. The molecule has 37 heavy (non-hydrogen) atoms. The number of imidazole rings is 1. The van der Waals surface area contributed by atoms with Gasteiger partial charge in [-0.2, -0.15) is 13.2 Å². The van der Waals surface area contributed by atoms with Crippen LogP contribution in [0.1, 0.15) is 34.0 Å². The highest BCUT2D eigenvalue weighted by atomic mass is 19.4. The van der Waals surface area contributed by atoms with Crippen LogP contribution in [-0.4, -0.2) is 25.3 Å². The van der Waals surface area contributed by atoms with Crippen molar-refractivity contribution >= 4 is 22.8 Å². The van der Waals surface area contributed by atoms with Crippen LogP contribution < -0.4 is 5.32 Å². The smallest absolute Gasteiger partial charge is 0.364 e. The molecule has 3 aromatic carbocycles. The summed E-state index contributed by atoms with van der Waals surface area (Å²) in [5.41, 5.74) is 3.29. The first-order valence-electron chi connectivity index (χ1n) is 11.6. The van der Waals surface area contributed by atoms with E-state index in [1.165, 1.54) is 19.1 Å². The van der Waals surface area contributed by atoms with E-state index >= 15 is 0 Å². The Labute approximate surface area is 210 Å². The maximum Gasteiger partial charge on any atom is 0.416 e. The minimum atomic E-state index is -4.39. The second kappa shape index (κ2) is 9.85. The van der Waals surface area contributed by atoms with Gasteiger partial charge in [0.05, 0.1) is 18.4 Å². The number of aromatic nitrogens is 4. The molecule has 0 saturated heterocycles. The number of carbonyl (C=O) groups excluding carboxylic acids is 1. The molecular weight excluding hydrogens is 479 g/mol. The SMILES string of the molecule is CC(=O)c1cccc(-c2nc(NCc3ccccc3)c3ncn(Cc4ccc(C(F)(F)F)cc4)c3n2)c1. The van der Waals surface area contributed by atoms with Crippen molar-refractivity contribution in [2.24, 2.45) is 0 Å². The van der Waals surface area contributed by atoms with E-state index in [9.17, 15) is 18.0 Å². The van der Waals surface area contributed by atoms with Crippen molar-refractivity contribution in [2.75, 3.05) is 5.32 Å². The summed E-state index contributed by atoms with van der Waals surface area (Å²) in [6.07, 6.45) is -2.80. The molecule has 2 aromatic heterocycles. The van der Waals surface area contributed by atoms with E-state index < -0.39 is 11.7 Å². The van der Waals surface area contributed by atoms with Crippen molar-refractivity contribution in [1.82, 2.24) is 19.5 Å². The number of carbonyl (C=O) groups is 1. The molecule has 6 nitrogen and oxygen atoms in total. The summed E-state index contributed by atoms with van der Waals surface area (Å²) in [6, 6.07) is 21.9. The molecule has 0 aliphatic carbocycles. The van der Waals surface area contributed by atoms with Crippen LogP contribution in [-0.2, 0) is 19.3 Å². The zero-order valence-corrected chi connectivity index (χ0v) is 19.8. The van der Waals surface area contributed by atoms with Crippen LogP contribution in [0.3, 0.4) is 0 Å². The molecule has 9 heteroatoms. The molecule has 0 spiro atoms. The monoisotopic (exact) mass is 501 g/mol. The third-order valence-corrected chi connectivity index (χ3v) is 5.93. The Bertz CT molecular complexity index is 1560. The third kappa shape index (κ3) is 5.35. The van der Waals surface area contributed by atoms with Crippen LogP contribution in [0, 0.1) is 0 Å². The number of nitrogens with one attached hydrogen (secondary N) is 1. The van der Waals surface area contributed by atoms with Gasteiger partial charge in [0, 0.05) is 17.7 Å². The highest BCUT2D eigenvalue weighted by Crippen LogP contribution is 2.30. The summed E-state index contributed by atoms with van der Waals surface area (Å²) < 4.78 is 40.7. The van der Waals surface area contributed by atoms with Crippen LogP contribution in [0.25, 0.3) is 22.6 Å². The first-order chi connectivity index (χ1) is 17.8. The molecule has 5 rings (SSSR count). The Morgan fingerprint density at radius 2 is 1.68 bits per heavy atom. The average Bonchev–Trinajstić information content (AvgIpc) is 3.30. The molecule has 0 saturated carbocycles. The van der Waals surface area contributed by atoms with Gasteiger partial charge < -0.3 is 9.88 Å². The Kier molecular flexibility index (Phi) is 6.43. The molecule has 2 heterocycles. The highest BCUT2D eigenvalue weighted by Gasteiger charge is 2.30. The normalized spacial score (nSPS) is 11.6. The number of anilines is 1. The van der Waals surface area contributed by atoms with Gasteiger partial charge in [0.2, 0.25) is 0 Å². The lowest BCUT2D eigenvalue weighted by molar-refractivity contribution is -0.137. The second-order valence-electron chi connectivity index (χ2n) is 8.61. The Morgan fingerprint density at radius 3 is 2.38 bits per heavy atom. The highest BCUT2D eigenvalue weighted by molar-refractivity contribution is 5.95. The lowest BCUT2D eigenvalue weighted by Crippen LogP contribution is -2.07. The topological polar surface area (TPSA) is 72.7 Å². The number of benzene rings is 3. The molecule has 1 N–H and O–H groups in total. The van der Waals surface area contributed by atoms with E-state index in [0.29, 0.717) is 46.0 Å². The van der Waals surface area contributed by atoms with Gasteiger partial charge in [-0.3, -0.25) is 4.79 Å². The Morgan fingerprint density at radius 1 is 0.919 bits per heavy atom. The average molecular weight is 502 g/mol. The fourth-order valence-corrected chi connectivity index (χ4v) is 3.97. The number of Topliss-reactive ketones (excluding diaryl/α,β-unsaturated/α-hetero) is 1. The first-order valence-corrected chi connectivity index (χ1v) is 11.6. The quantitative estimate of drug-likeness (QED) is 0.262. The molecule has 5 aromatic rings. The van der Waals surface area contributed by atoms with E-state index in [2.05, 4.69) is 10.3 Å². The summed E-state index contributed by atoms with van der Waals surface area (Å²) in [7, 11) is 0.